The first-order valence-electron chi connectivity index (χ1n) is 7.46. The number of rotatable bonds is 8. The topological polar surface area (TPSA) is 83.5 Å². The molecule has 0 atom stereocenters. The average Bonchev–Trinajstić information content (AvgIpc) is 2.35. The van der Waals surface area contributed by atoms with E-state index in [1.807, 2.05) is 13.8 Å². The molecule has 1 amide bonds. The van der Waals surface area contributed by atoms with Gasteiger partial charge in [0.15, 0.2) is 11.6 Å². The van der Waals surface area contributed by atoms with Crippen molar-refractivity contribution in [3.05, 3.63) is 11.3 Å². The van der Waals surface area contributed by atoms with Crippen LogP contribution in [0.25, 0.3) is 0 Å². The Morgan fingerprint density at radius 1 is 1.14 bits per heavy atom. The van der Waals surface area contributed by atoms with Crippen molar-refractivity contribution in [2.24, 2.45) is 5.41 Å². The maximum Gasteiger partial charge on any atom is 0.170 e. The molecule has 6 heteroatoms. The van der Waals surface area contributed by atoms with E-state index in [1.54, 1.807) is 6.41 Å². The van der Waals surface area contributed by atoms with Gasteiger partial charge in [-0.3, -0.25) is 9.59 Å². The SMILES string of the molecule is CC1(C)CC(=O)C(=C(O)CCCCCCN[C-]=O)C(=O)C1.[Fm]. The molecular weight excluding hydrogens is 527 g/mol. The minimum Gasteiger partial charge on any atom is -0.530 e. The predicted molar refractivity (Wildman–Crippen MR) is 79.5 cm³/mol. The zero-order chi connectivity index (χ0) is 15.9. The Hall–Kier alpha value is -2.65. The van der Waals surface area contributed by atoms with Crippen molar-refractivity contribution < 1.29 is 19.5 Å². The molecule has 22 heavy (non-hydrogen) atoms. The smallest absolute Gasteiger partial charge is 0.170 e. The van der Waals surface area contributed by atoms with E-state index in [0.717, 1.165) is 25.7 Å². The molecule has 0 unspecified atom stereocenters. The third-order valence-corrected chi connectivity index (χ3v) is 3.66. The second-order valence-electron chi connectivity index (χ2n) is 6.38. The van der Waals surface area contributed by atoms with Gasteiger partial charge in [0.2, 0.25) is 0 Å². The van der Waals surface area contributed by atoms with Gasteiger partial charge in [-0.1, -0.05) is 26.7 Å². The van der Waals surface area contributed by atoms with Gasteiger partial charge in [0.05, 0.1) is 5.57 Å². The molecule has 1 aliphatic rings. The fourth-order valence-corrected chi connectivity index (χ4v) is 2.62. The van der Waals surface area contributed by atoms with Crippen LogP contribution in [-0.2, 0) is 14.4 Å². The third-order valence-electron chi connectivity index (χ3n) is 3.66. The van der Waals surface area contributed by atoms with E-state index in [-0.39, 0.29) is 28.3 Å². The standard InChI is InChI=1S/C16H24NO4.Fm/c1-16(2)9-13(20)15(14(21)10-16)12(19)7-5-3-4-6-8-17-11-18;/h19H,3-10H2,1-2H3,(H,17,18);/q-1;. The second kappa shape index (κ2) is 8.60. The fourth-order valence-electron chi connectivity index (χ4n) is 2.62. The van der Waals surface area contributed by atoms with Crippen molar-refractivity contribution in [1.29, 1.82) is 0 Å². The summed E-state index contributed by atoms with van der Waals surface area (Å²) in [5.41, 5.74) is -0.285. The summed E-state index contributed by atoms with van der Waals surface area (Å²) in [7, 11) is 0. The molecule has 0 bridgehead atoms. The minimum absolute atomic E-state index is 0. The Balaban J connectivity index is 0.00000441. The van der Waals surface area contributed by atoms with E-state index in [1.165, 1.54) is 0 Å². The van der Waals surface area contributed by atoms with E-state index in [2.05, 4.69) is 5.32 Å². The van der Waals surface area contributed by atoms with Crippen molar-refractivity contribution in [2.75, 3.05) is 6.54 Å². The van der Waals surface area contributed by atoms with E-state index < -0.39 is 0 Å². The van der Waals surface area contributed by atoms with E-state index in [4.69, 9.17) is 0 Å². The molecule has 0 aromatic rings. The number of amides is 1. The first kappa shape index (κ1) is 19.4. The largest absolute Gasteiger partial charge is 0.530 e. The van der Waals surface area contributed by atoms with Crippen LogP contribution in [0, 0.1) is 5.41 Å². The minimum atomic E-state index is -0.305. The van der Waals surface area contributed by atoms with Crippen LogP contribution in [-0.4, -0.2) is 29.6 Å². The van der Waals surface area contributed by atoms with Gasteiger partial charge < -0.3 is 15.2 Å². The van der Waals surface area contributed by atoms with Crippen LogP contribution >= 0.6 is 0 Å². The molecule has 0 saturated heterocycles. The first-order valence-corrected chi connectivity index (χ1v) is 7.46. The van der Waals surface area contributed by atoms with Crippen LogP contribution in [0.3, 0.4) is 0 Å². The number of ketones is 2. The van der Waals surface area contributed by atoms with Crippen molar-refractivity contribution in [2.45, 2.75) is 58.8 Å². The zero-order valence-corrected chi connectivity index (χ0v) is 15.5. The molecule has 1 fully saturated rings. The number of unbranched alkanes of at least 4 members (excludes halogenated alkanes) is 3. The molecule has 0 aromatic carbocycles. The summed E-state index contributed by atoms with van der Waals surface area (Å²) < 4.78 is 0. The van der Waals surface area contributed by atoms with Gasteiger partial charge in [0.1, 0.15) is 5.76 Å². The fraction of sp³-hybridized carbons (Fsp3) is 0.688. The second-order valence-corrected chi connectivity index (χ2v) is 6.38. The van der Waals surface area contributed by atoms with Gasteiger partial charge in [0.25, 0.3) is 0 Å². The van der Waals surface area contributed by atoms with Crippen LogP contribution in [0.4, 0.5) is 0 Å². The summed E-state index contributed by atoms with van der Waals surface area (Å²) >= 11 is 0. The summed E-state index contributed by atoms with van der Waals surface area (Å²) in [6, 6.07) is 0. The first-order chi connectivity index (χ1) is 9.87. The van der Waals surface area contributed by atoms with Crippen LogP contribution in [0.5, 0.6) is 0 Å². The number of nitrogens with one attached hydrogen (secondary N) is 1. The Morgan fingerprint density at radius 3 is 2.23 bits per heavy atom. The molecule has 0 spiro atoms. The van der Waals surface area contributed by atoms with Gasteiger partial charge in [0, 0.05) is 19.3 Å². The number of aliphatic hydroxyl groups excluding tert-OH is 1. The van der Waals surface area contributed by atoms with Gasteiger partial charge >= 0.3 is 0 Å². The summed E-state index contributed by atoms with van der Waals surface area (Å²) in [5.74, 6) is -0.529. The molecule has 0 aromatic heterocycles. The molecule has 0 aliphatic heterocycles. The number of hydrogen-bond donors (Lipinski definition) is 2. The van der Waals surface area contributed by atoms with Crippen molar-refractivity contribution in [3.8, 4) is 0 Å². The van der Waals surface area contributed by atoms with Crippen molar-refractivity contribution in [3.63, 3.8) is 0 Å². The summed E-state index contributed by atoms with van der Waals surface area (Å²) in [5, 5.41) is 12.5. The summed E-state index contributed by atoms with van der Waals surface area (Å²) in [4.78, 5) is 33.9. The molecule has 130 valence electrons. The van der Waals surface area contributed by atoms with Gasteiger partial charge in [-0.2, -0.15) is 6.41 Å². The number of allylic oxidation sites excluding steroid dienone is 2. The van der Waals surface area contributed by atoms with E-state index >= 15 is 0 Å². The molecule has 2 N–H and O–H groups in total. The monoisotopic (exact) mass is 551 g/mol. The number of Topliss-reactive ketones (excluding diaryl/α,β-unsaturated/α-hetero) is 2. The summed E-state index contributed by atoms with van der Waals surface area (Å²) in [6.07, 6.45) is 5.99. The number of hydrogen-bond acceptors (Lipinski definition) is 4. The van der Waals surface area contributed by atoms with Gasteiger partial charge in [-0.05, 0) is 24.8 Å². The number of carbonyl (C=O) groups is 2. The molecule has 0 radical (unpaired) electrons. The van der Waals surface area contributed by atoms with Crippen LogP contribution < -0.4 is 5.32 Å². The number of carbonyl (C=O) groups excluding carboxylic acids is 3. The van der Waals surface area contributed by atoms with E-state index in [0.29, 0.717) is 25.8 Å². The van der Waals surface area contributed by atoms with Crippen molar-refractivity contribution >= 4 is 18.0 Å². The maximum absolute atomic E-state index is 12.0. The van der Waals surface area contributed by atoms with Crippen LogP contribution in [0.1, 0.15) is 58.8 Å². The third kappa shape index (κ3) is 5.77. The van der Waals surface area contributed by atoms with Crippen molar-refractivity contribution in [1.82, 2.24) is 5.32 Å². The zero-order valence-electron chi connectivity index (χ0n) is 13.1. The number of aliphatic hydroxyl groups is 1. The Morgan fingerprint density at radius 2 is 1.68 bits per heavy atom. The van der Waals surface area contributed by atoms with Crippen LogP contribution in [0.15, 0.2) is 11.3 Å². The Kier molecular flexibility index (Phi) is 7.56. The molecule has 5 nitrogen and oxygen atoms in total. The maximum atomic E-state index is 12.0. The quantitative estimate of drug-likeness (QED) is 0.121. The van der Waals surface area contributed by atoms with Gasteiger partial charge in [-0.15, -0.1) is 0 Å². The van der Waals surface area contributed by atoms with E-state index in [9.17, 15) is 19.5 Å². The normalized spacial score (nSPS) is 16.9. The molecule has 1 rings (SSSR count). The molecular formula is C16H24FmNO4-. The molecule has 0 heterocycles. The molecule has 1 aliphatic carbocycles. The van der Waals surface area contributed by atoms with Gasteiger partial charge in [-0.25, -0.2) is 0 Å². The predicted octanol–water partition coefficient (Wildman–Crippen LogP) is 2.36. The Labute approximate surface area is 125 Å². The van der Waals surface area contributed by atoms with Crippen LogP contribution in [0.2, 0.25) is 0 Å². The summed E-state index contributed by atoms with van der Waals surface area (Å²) in [6.45, 7) is 4.38. The average molecular weight is 551 g/mol. The Bertz CT molecular complexity index is 421. The molecule has 1 saturated carbocycles.